The first-order valence-electron chi connectivity index (χ1n) is 2.83. The summed E-state index contributed by atoms with van der Waals surface area (Å²) in [7, 11) is 0. The first-order chi connectivity index (χ1) is 3.85. The molecule has 0 heterocycles. The molecule has 0 saturated carbocycles. The largest absolute Gasteiger partial charge is 0.493 e. The van der Waals surface area contributed by atoms with Crippen molar-refractivity contribution in [2.24, 2.45) is 5.41 Å². The van der Waals surface area contributed by atoms with Crippen molar-refractivity contribution in [3.05, 3.63) is 12.2 Å². The monoisotopic (exact) mass is 314 g/mol. The Balaban J connectivity index is 0. The second kappa shape index (κ2) is 3.90. The maximum Gasteiger partial charge on any atom is 0.206 e. The van der Waals surface area contributed by atoms with Crippen molar-refractivity contribution >= 4 is 5.90 Å². The molecule has 2 N–H and O–H groups in total. The zero-order valence-electron chi connectivity index (χ0n) is 6.53. The number of rotatable bonds is 1. The Morgan fingerprint density at radius 3 is 1.70 bits per heavy atom. The van der Waals surface area contributed by atoms with Crippen molar-refractivity contribution in [3.8, 4) is 0 Å². The molecule has 0 atom stereocenters. The zero-order chi connectivity index (χ0) is 7.65. The average molecular weight is 313 g/mol. The Morgan fingerprint density at radius 1 is 1.40 bits per heavy atom. The van der Waals surface area contributed by atoms with E-state index in [9.17, 15) is 0 Å². The van der Waals surface area contributed by atoms with Crippen LogP contribution < -0.4 is 0 Å². The van der Waals surface area contributed by atoms with Crippen LogP contribution in [0.5, 0.6) is 0 Å². The Hall–Kier alpha value is -0.128. The van der Waals surface area contributed by atoms with Gasteiger partial charge < -0.3 is 5.11 Å². The summed E-state index contributed by atoms with van der Waals surface area (Å²) in [5, 5.41) is 15.5. The van der Waals surface area contributed by atoms with E-state index < -0.39 is 5.90 Å². The summed E-state index contributed by atoms with van der Waals surface area (Å²) in [6, 6.07) is 0. The number of aliphatic hydroxyl groups is 1. The third kappa shape index (κ3) is 3.81. The van der Waals surface area contributed by atoms with Crippen LogP contribution in [0.1, 0.15) is 20.8 Å². The van der Waals surface area contributed by atoms with E-state index in [2.05, 4.69) is 6.58 Å². The molecule has 0 aromatic carbocycles. The van der Waals surface area contributed by atoms with E-state index in [4.69, 9.17) is 10.5 Å². The molecule has 0 unspecified atom stereocenters. The average Bonchev–Trinajstić information content (AvgIpc) is 1.62. The normalized spacial score (nSPS) is 9.90. The van der Waals surface area contributed by atoms with Crippen molar-refractivity contribution in [2.45, 2.75) is 20.8 Å². The van der Waals surface area contributed by atoms with Crippen LogP contribution in [0.15, 0.2) is 12.2 Å². The van der Waals surface area contributed by atoms with Gasteiger partial charge in [-0.25, -0.2) is 0 Å². The molecule has 0 bridgehead atoms. The van der Waals surface area contributed by atoms with Crippen molar-refractivity contribution in [1.29, 1.82) is 5.41 Å². The maximum atomic E-state index is 8.64. The Labute approximate surface area is 75.5 Å². The van der Waals surface area contributed by atoms with E-state index in [0.29, 0.717) is 5.57 Å². The molecule has 59 valence electrons. The maximum absolute atomic E-state index is 8.64. The van der Waals surface area contributed by atoms with Crippen LogP contribution in [0, 0.1) is 10.8 Å². The number of nitrogens with one attached hydrogen (secondary N) is 1. The zero-order valence-corrected chi connectivity index (χ0v) is 9.25. The van der Waals surface area contributed by atoms with Gasteiger partial charge in [0.15, 0.2) is 0 Å². The minimum Gasteiger partial charge on any atom is -0.493 e. The Kier molecular flexibility index (Phi) is 4.89. The van der Waals surface area contributed by atoms with Gasteiger partial charge in [0.25, 0.3) is 0 Å². The number of hydrogen-bond acceptors (Lipinski definition) is 1. The van der Waals surface area contributed by atoms with Crippen LogP contribution in [-0.4, -0.2) is 11.0 Å². The molecule has 2 nitrogen and oxygen atoms in total. The van der Waals surface area contributed by atoms with Gasteiger partial charge in [0.2, 0.25) is 5.90 Å². The van der Waals surface area contributed by atoms with Crippen molar-refractivity contribution in [1.82, 2.24) is 0 Å². The molecule has 0 rings (SSSR count). The molecule has 1 radical (unpaired) electrons. The van der Waals surface area contributed by atoms with Gasteiger partial charge in [0.05, 0.1) is 0 Å². The van der Waals surface area contributed by atoms with Gasteiger partial charge in [0.1, 0.15) is 0 Å². The summed E-state index contributed by atoms with van der Waals surface area (Å²) in [4.78, 5) is 0. The minimum absolute atomic E-state index is 0. The smallest absolute Gasteiger partial charge is 0.206 e. The SMILES string of the molecule is C=C(C(=N)O)C(C)(C)C.[Re]. The molecule has 3 heteroatoms. The van der Waals surface area contributed by atoms with E-state index in [0.717, 1.165) is 0 Å². The van der Waals surface area contributed by atoms with Crippen LogP contribution in [0.2, 0.25) is 0 Å². The van der Waals surface area contributed by atoms with E-state index in [1.54, 1.807) is 0 Å². The van der Waals surface area contributed by atoms with E-state index >= 15 is 0 Å². The fraction of sp³-hybridized carbons (Fsp3) is 0.571. The second-order valence-corrected chi connectivity index (χ2v) is 3.08. The molecular weight excluding hydrogens is 300 g/mol. The van der Waals surface area contributed by atoms with E-state index in [1.165, 1.54) is 0 Å². The van der Waals surface area contributed by atoms with Gasteiger partial charge >= 0.3 is 0 Å². The molecule has 0 amide bonds. The van der Waals surface area contributed by atoms with Crippen LogP contribution in [-0.2, 0) is 20.4 Å². The molecule has 0 aliphatic rings. The van der Waals surface area contributed by atoms with Crippen molar-refractivity contribution < 1.29 is 25.5 Å². The van der Waals surface area contributed by atoms with Crippen molar-refractivity contribution in [3.63, 3.8) is 0 Å². The first kappa shape index (κ1) is 12.5. The minimum atomic E-state index is -0.414. The number of hydrogen-bond donors (Lipinski definition) is 2. The molecule has 0 aromatic rings. The summed E-state index contributed by atoms with van der Waals surface area (Å²) >= 11 is 0. The van der Waals surface area contributed by atoms with Crippen LogP contribution in [0.3, 0.4) is 0 Å². The van der Waals surface area contributed by atoms with Gasteiger partial charge in [-0.1, -0.05) is 27.4 Å². The van der Waals surface area contributed by atoms with Gasteiger partial charge in [-0.05, 0) is 5.41 Å². The predicted octanol–water partition coefficient (Wildman–Crippen LogP) is 2.12. The van der Waals surface area contributed by atoms with Gasteiger partial charge in [-0.3, -0.25) is 5.41 Å². The van der Waals surface area contributed by atoms with Gasteiger partial charge in [0, 0.05) is 26.0 Å². The fourth-order valence-corrected chi connectivity index (χ4v) is 0.355. The molecule has 0 fully saturated rings. The topological polar surface area (TPSA) is 44.1 Å². The van der Waals surface area contributed by atoms with E-state index in [-0.39, 0.29) is 25.8 Å². The predicted molar refractivity (Wildman–Crippen MR) is 39.0 cm³/mol. The Bertz CT molecular complexity index is 146. The molecule has 10 heavy (non-hydrogen) atoms. The molecule has 0 aliphatic heterocycles. The van der Waals surface area contributed by atoms with Gasteiger partial charge in [-0.15, -0.1) is 0 Å². The fourth-order valence-electron chi connectivity index (χ4n) is 0.355. The van der Waals surface area contributed by atoms with Crippen LogP contribution in [0.25, 0.3) is 0 Å². The summed E-state index contributed by atoms with van der Waals surface area (Å²) in [6.07, 6.45) is 0. The number of aliphatic hydroxyl groups excluding tert-OH is 1. The third-order valence-electron chi connectivity index (χ3n) is 1.19. The van der Waals surface area contributed by atoms with Crippen molar-refractivity contribution in [2.75, 3.05) is 0 Å². The first-order valence-corrected chi connectivity index (χ1v) is 2.83. The summed E-state index contributed by atoms with van der Waals surface area (Å²) in [6.45, 7) is 9.26. The van der Waals surface area contributed by atoms with Gasteiger partial charge in [-0.2, -0.15) is 0 Å². The molecule has 0 saturated heterocycles. The molecular formula is C7H13NORe. The quantitative estimate of drug-likeness (QED) is 0.565. The summed E-state index contributed by atoms with van der Waals surface area (Å²) in [5.41, 5.74) is 0.286. The summed E-state index contributed by atoms with van der Waals surface area (Å²) < 4.78 is 0. The van der Waals surface area contributed by atoms with Crippen LogP contribution >= 0.6 is 0 Å². The standard InChI is InChI=1S/C7H13NO.Re/c1-5(6(8)9)7(2,3)4;/h1H2,2-4H3,(H2,8,9);. The van der Waals surface area contributed by atoms with Crippen LogP contribution in [0.4, 0.5) is 0 Å². The summed E-state index contributed by atoms with van der Waals surface area (Å²) in [5.74, 6) is -0.414. The molecule has 0 aliphatic carbocycles. The molecule has 0 spiro atoms. The third-order valence-corrected chi connectivity index (χ3v) is 1.19. The second-order valence-electron chi connectivity index (χ2n) is 3.08. The molecule has 0 aromatic heterocycles. The van der Waals surface area contributed by atoms with E-state index in [1.807, 2.05) is 20.8 Å². The Morgan fingerprint density at radius 2 is 1.70 bits per heavy atom.